The van der Waals surface area contributed by atoms with Crippen LogP contribution in [0.2, 0.25) is 0 Å². The average molecular weight is 328 g/mol. The van der Waals surface area contributed by atoms with Crippen molar-refractivity contribution in [1.82, 2.24) is 20.1 Å². The van der Waals surface area contributed by atoms with E-state index in [1.54, 1.807) is 10.9 Å². The summed E-state index contributed by atoms with van der Waals surface area (Å²) in [5.41, 5.74) is 2.64. The second kappa shape index (κ2) is 5.03. The number of nitrogens with one attached hydrogen (secondary N) is 2. The van der Waals surface area contributed by atoms with Crippen LogP contribution in [0.15, 0.2) is 18.6 Å². The highest BCUT2D eigenvalue weighted by Crippen LogP contribution is 2.57. The topological polar surface area (TPSA) is 85.7 Å². The van der Waals surface area contributed by atoms with Crippen molar-refractivity contribution >= 4 is 5.91 Å². The van der Waals surface area contributed by atoms with Crippen molar-refractivity contribution in [3.63, 3.8) is 0 Å². The van der Waals surface area contributed by atoms with E-state index in [-0.39, 0.29) is 11.3 Å². The molecule has 7 heteroatoms. The molecule has 2 aliphatic carbocycles. The molecule has 0 saturated heterocycles. The van der Waals surface area contributed by atoms with Gasteiger partial charge in [-0.15, -0.1) is 0 Å². The Morgan fingerprint density at radius 3 is 3.00 bits per heavy atom. The van der Waals surface area contributed by atoms with E-state index in [1.165, 1.54) is 12.4 Å². The van der Waals surface area contributed by atoms with E-state index < -0.39 is 0 Å². The zero-order chi connectivity index (χ0) is 17.1. The summed E-state index contributed by atoms with van der Waals surface area (Å²) < 4.78 is 2.48. The first-order valence-electron chi connectivity index (χ1n) is 8.34. The molecular formula is C17H22N5O2+. The lowest BCUT2D eigenvalue weighted by Crippen LogP contribution is -2.33. The second-order valence-electron chi connectivity index (χ2n) is 8.01. The molecule has 0 aromatic carbocycles. The monoisotopic (exact) mass is 328 g/mol. The quantitative estimate of drug-likeness (QED) is 0.838. The Labute approximate surface area is 139 Å². The molecule has 0 aliphatic heterocycles. The third-order valence-corrected chi connectivity index (χ3v) is 4.69. The summed E-state index contributed by atoms with van der Waals surface area (Å²) in [6, 6.07) is 0. The zero-order valence-electron chi connectivity index (χ0n) is 14.2. The highest BCUT2D eigenvalue weighted by atomic mass is 16.3. The fourth-order valence-electron chi connectivity index (χ4n) is 3.42. The smallest absolute Gasteiger partial charge is 0.272 e. The summed E-state index contributed by atoms with van der Waals surface area (Å²) in [6.45, 7) is 6.84. The molecule has 2 aromatic heterocycles. The number of nitrogens with zero attached hydrogens (tertiary/aromatic N) is 3. The predicted molar refractivity (Wildman–Crippen MR) is 87.6 cm³/mol. The number of amides is 1. The van der Waals surface area contributed by atoms with Crippen molar-refractivity contribution in [2.24, 2.45) is 11.3 Å². The van der Waals surface area contributed by atoms with Crippen LogP contribution in [0.3, 0.4) is 0 Å². The number of hydrogen-bond donors (Lipinski definition) is 2. The minimum absolute atomic E-state index is 0.0187. The molecule has 4 rings (SSSR count). The summed E-state index contributed by atoms with van der Waals surface area (Å²) >= 11 is 0. The molecule has 24 heavy (non-hydrogen) atoms. The molecule has 1 amide bonds. The second-order valence-corrected chi connectivity index (χ2v) is 8.01. The van der Waals surface area contributed by atoms with Crippen LogP contribution in [-0.4, -0.2) is 27.2 Å². The molecule has 2 N–H and O–H groups in total. The number of carbonyl (C=O) groups excluding carboxylic acids is 1. The van der Waals surface area contributed by atoms with Crippen LogP contribution >= 0.6 is 0 Å². The van der Waals surface area contributed by atoms with E-state index in [9.17, 15) is 9.70 Å². The zero-order valence-corrected chi connectivity index (χ0v) is 14.2. The Bertz CT molecular complexity index is 874. The molecule has 0 spiro atoms. The Morgan fingerprint density at radius 1 is 1.50 bits per heavy atom. The molecule has 126 valence electrons. The van der Waals surface area contributed by atoms with Gasteiger partial charge in [0.05, 0.1) is 16.3 Å². The molecule has 1 saturated carbocycles. The van der Waals surface area contributed by atoms with Crippen LogP contribution in [-0.2, 0) is 6.42 Å². The van der Waals surface area contributed by atoms with Crippen LogP contribution in [0.25, 0.3) is 5.82 Å². The van der Waals surface area contributed by atoms with Crippen molar-refractivity contribution in [3.05, 3.63) is 40.4 Å². The van der Waals surface area contributed by atoms with Crippen molar-refractivity contribution in [2.75, 3.05) is 6.54 Å². The molecule has 0 radical (unpaired) electrons. The lowest BCUT2D eigenvalue weighted by atomic mass is 9.97. The largest absolute Gasteiger partial charge is 0.350 e. The van der Waals surface area contributed by atoms with Crippen LogP contribution in [0.5, 0.6) is 0 Å². The Hall–Kier alpha value is -2.44. The molecule has 1 fully saturated rings. The van der Waals surface area contributed by atoms with Gasteiger partial charge in [0, 0.05) is 22.9 Å². The SMILES string of the molecule is CC(C)(C)CNC(=O)c1nn(-c2c[n+](=O)cc[nH]2)c2c1C[C@@H]1C[C@H]21. The van der Waals surface area contributed by atoms with Crippen molar-refractivity contribution < 1.29 is 9.22 Å². The number of rotatable bonds is 3. The summed E-state index contributed by atoms with van der Waals surface area (Å²) in [5.74, 6) is 1.55. The summed E-state index contributed by atoms with van der Waals surface area (Å²) in [6.07, 6.45) is 6.47. The van der Waals surface area contributed by atoms with Crippen LogP contribution < -0.4 is 9.74 Å². The van der Waals surface area contributed by atoms with Gasteiger partial charge in [0.25, 0.3) is 12.1 Å². The molecule has 2 heterocycles. The molecule has 2 aromatic rings. The standard InChI is InChI=1S/C17H21N5O2/c1-17(2,3)9-19-16(23)14-12-7-10-6-11(10)15(12)22(20-14)13-8-21(24)5-4-18-13/h4-5,8,10-11H,6-7,9H2,1-3H3,(H-,18,19,23,24)/p+1/t10-,11-/m0/s1. The minimum Gasteiger partial charge on any atom is -0.350 e. The van der Waals surface area contributed by atoms with E-state index in [2.05, 4.69) is 36.2 Å². The van der Waals surface area contributed by atoms with Gasteiger partial charge in [-0.1, -0.05) is 20.8 Å². The average Bonchev–Trinajstić information content (AvgIpc) is 3.01. The number of aromatic nitrogens is 4. The lowest BCUT2D eigenvalue weighted by molar-refractivity contribution is -0.495. The van der Waals surface area contributed by atoms with Crippen LogP contribution in [0.1, 0.15) is 54.9 Å². The molecular weight excluding hydrogens is 306 g/mol. The fourth-order valence-corrected chi connectivity index (χ4v) is 3.42. The predicted octanol–water partition coefficient (Wildman–Crippen LogP) is 1.55. The maximum Gasteiger partial charge on any atom is 0.272 e. The van der Waals surface area contributed by atoms with Crippen molar-refractivity contribution in [2.45, 2.75) is 39.5 Å². The molecule has 0 unspecified atom stereocenters. The molecule has 2 aliphatic rings. The van der Waals surface area contributed by atoms with Gasteiger partial charge in [-0.25, -0.2) is 4.68 Å². The number of aromatic amines is 1. The van der Waals surface area contributed by atoms with Crippen molar-refractivity contribution in [1.29, 1.82) is 0 Å². The number of carbonyl (C=O) groups is 1. The molecule has 0 bridgehead atoms. The first-order chi connectivity index (χ1) is 11.3. The highest BCUT2D eigenvalue weighted by molar-refractivity contribution is 5.94. The Morgan fingerprint density at radius 2 is 2.29 bits per heavy atom. The van der Waals surface area contributed by atoms with E-state index in [4.69, 9.17) is 0 Å². The van der Waals surface area contributed by atoms with E-state index in [0.717, 1.165) is 28.5 Å². The number of hydrogen-bond acceptors (Lipinski definition) is 3. The van der Waals surface area contributed by atoms with E-state index >= 15 is 0 Å². The third-order valence-electron chi connectivity index (χ3n) is 4.69. The first-order valence-corrected chi connectivity index (χ1v) is 8.34. The van der Waals surface area contributed by atoms with Gasteiger partial charge in [0.1, 0.15) is 0 Å². The van der Waals surface area contributed by atoms with E-state index in [0.29, 0.717) is 29.9 Å². The Balaban J connectivity index is 1.72. The molecule has 2 atom stereocenters. The normalized spacial score (nSPS) is 21.3. The minimum atomic E-state index is -0.132. The van der Waals surface area contributed by atoms with Crippen molar-refractivity contribution in [3.8, 4) is 5.82 Å². The van der Waals surface area contributed by atoms with Crippen LogP contribution in [0, 0.1) is 16.2 Å². The number of H-pyrrole nitrogens is 1. The van der Waals surface area contributed by atoms with Gasteiger partial charge in [-0.05, 0) is 24.2 Å². The highest BCUT2D eigenvalue weighted by Gasteiger charge is 2.50. The summed E-state index contributed by atoms with van der Waals surface area (Å²) in [5, 5.41) is 7.52. The fraction of sp³-hybridized carbons (Fsp3) is 0.529. The first kappa shape index (κ1) is 15.1. The maximum atomic E-state index is 12.6. The van der Waals surface area contributed by atoms with Gasteiger partial charge in [-0.2, -0.15) is 5.10 Å². The third kappa shape index (κ3) is 2.53. The van der Waals surface area contributed by atoms with Gasteiger partial charge < -0.3 is 10.3 Å². The van der Waals surface area contributed by atoms with Gasteiger partial charge in [0.2, 0.25) is 12.0 Å². The molecule has 7 nitrogen and oxygen atoms in total. The van der Waals surface area contributed by atoms with Gasteiger partial charge in [0.15, 0.2) is 5.69 Å². The Kier molecular flexibility index (Phi) is 3.16. The maximum absolute atomic E-state index is 12.6. The van der Waals surface area contributed by atoms with E-state index in [1.807, 2.05) is 0 Å². The van der Waals surface area contributed by atoms with Gasteiger partial charge >= 0.3 is 0 Å². The summed E-state index contributed by atoms with van der Waals surface area (Å²) in [7, 11) is 0. The van der Waals surface area contributed by atoms with Crippen LogP contribution in [0.4, 0.5) is 0 Å². The lowest BCUT2D eigenvalue weighted by Gasteiger charge is -2.18. The van der Waals surface area contributed by atoms with Gasteiger partial charge in [-0.3, -0.25) is 4.79 Å². The summed E-state index contributed by atoms with van der Waals surface area (Å²) in [4.78, 5) is 27.3. The number of fused-ring (bicyclic) bond motifs is 3.